The van der Waals surface area contributed by atoms with Gasteiger partial charge in [-0.1, -0.05) is 111 Å². The van der Waals surface area contributed by atoms with Crippen molar-refractivity contribution in [1.82, 2.24) is 4.57 Å². The Morgan fingerprint density at radius 2 is 1.38 bits per heavy atom. The van der Waals surface area contributed by atoms with Crippen LogP contribution in [-0.4, -0.2) is 12.6 Å². The standard InChI is InChI=1S/C36H30ClNOSi/c1-25-32-30-17-11-12-18-31(30)40(36(2,3)4,24-23-26-13-7-5-8-14-26)34(32)33(27-15-9-6-10-16-27)38(35(25)39)29-21-19-28(37)20-22-29/h5-22H,1-4H3/t40-/m0/s1. The Kier molecular flexibility index (Phi) is 6.42. The highest BCUT2D eigenvalue weighted by Gasteiger charge is 2.55. The quantitative estimate of drug-likeness (QED) is 0.164. The van der Waals surface area contributed by atoms with Crippen LogP contribution in [0, 0.1) is 18.4 Å². The van der Waals surface area contributed by atoms with Crippen LogP contribution < -0.4 is 15.9 Å². The third-order valence-electron chi connectivity index (χ3n) is 8.01. The third kappa shape index (κ3) is 3.99. The summed E-state index contributed by atoms with van der Waals surface area (Å²) < 4.78 is 1.89. The fraction of sp³-hybridized carbons (Fsp3) is 0.139. The van der Waals surface area contributed by atoms with Crippen LogP contribution >= 0.6 is 11.6 Å². The highest BCUT2D eigenvalue weighted by Crippen LogP contribution is 2.45. The summed E-state index contributed by atoms with van der Waals surface area (Å²) in [6.45, 7) is 8.91. The summed E-state index contributed by atoms with van der Waals surface area (Å²) in [7, 11) is -2.86. The third-order valence-corrected chi connectivity index (χ3v) is 13.5. The molecule has 0 spiro atoms. The number of rotatable bonds is 2. The van der Waals surface area contributed by atoms with Gasteiger partial charge in [0.1, 0.15) is 0 Å². The Morgan fingerprint density at radius 3 is 2.02 bits per heavy atom. The lowest BCUT2D eigenvalue weighted by Gasteiger charge is -2.39. The number of fused-ring (bicyclic) bond motifs is 3. The first-order chi connectivity index (χ1) is 19.2. The molecule has 5 aromatic rings. The highest BCUT2D eigenvalue weighted by molar-refractivity contribution is 7.13. The molecule has 4 aromatic carbocycles. The average molecular weight is 556 g/mol. The van der Waals surface area contributed by atoms with E-state index in [4.69, 9.17) is 11.6 Å². The number of hydrogen-bond acceptors (Lipinski definition) is 1. The second-order valence-electron chi connectivity index (χ2n) is 11.4. The molecule has 0 N–H and O–H groups in total. The van der Waals surface area contributed by atoms with E-state index in [1.165, 1.54) is 10.4 Å². The first-order valence-electron chi connectivity index (χ1n) is 13.5. The van der Waals surface area contributed by atoms with Gasteiger partial charge in [0.05, 0.1) is 5.69 Å². The van der Waals surface area contributed by atoms with Crippen LogP contribution in [0.3, 0.4) is 0 Å². The molecule has 0 saturated carbocycles. The molecule has 0 fully saturated rings. The van der Waals surface area contributed by atoms with Gasteiger partial charge in [0.2, 0.25) is 8.07 Å². The Labute approximate surface area is 241 Å². The van der Waals surface area contributed by atoms with Crippen LogP contribution in [0.25, 0.3) is 28.1 Å². The predicted octanol–water partition coefficient (Wildman–Crippen LogP) is 7.40. The fourth-order valence-electron chi connectivity index (χ4n) is 6.15. The summed E-state index contributed by atoms with van der Waals surface area (Å²) in [5, 5.41) is 2.93. The molecule has 1 aliphatic rings. The summed E-state index contributed by atoms with van der Waals surface area (Å²) in [6, 6.07) is 36.7. The SMILES string of the molecule is Cc1c2c(c(-c3ccccc3)n(-c3ccc(Cl)cc3)c1=O)[Si@@](C#Cc1ccccc1)(C(C)(C)C)c1ccccc1-2. The number of nitrogens with zero attached hydrogens (tertiary/aromatic N) is 1. The molecule has 2 nitrogen and oxygen atoms in total. The Morgan fingerprint density at radius 1 is 0.775 bits per heavy atom. The summed E-state index contributed by atoms with van der Waals surface area (Å²) in [6.07, 6.45) is 0. The summed E-state index contributed by atoms with van der Waals surface area (Å²) >= 11 is 6.29. The molecule has 1 atom stereocenters. The van der Waals surface area contributed by atoms with Gasteiger partial charge in [-0.05, 0) is 75.4 Å². The molecule has 4 heteroatoms. The summed E-state index contributed by atoms with van der Waals surface area (Å²) in [5.74, 6) is 3.60. The van der Waals surface area contributed by atoms with E-state index in [-0.39, 0.29) is 10.6 Å². The second-order valence-corrected chi connectivity index (χ2v) is 16.1. The van der Waals surface area contributed by atoms with Crippen molar-refractivity contribution >= 4 is 30.0 Å². The molecule has 0 amide bonds. The van der Waals surface area contributed by atoms with Gasteiger partial charge >= 0.3 is 0 Å². The van der Waals surface area contributed by atoms with E-state index < -0.39 is 8.07 Å². The van der Waals surface area contributed by atoms with Crippen molar-refractivity contribution in [2.45, 2.75) is 32.7 Å². The smallest absolute Gasteiger partial charge is 0.259 e. The van der Waals surface area contributed by atoms with Crippen LogP contribution in [0.4, 0.5) is 0 Å². The average Bonchev–Trinajstić information content (AvgIpc) is 3.27. The molecule has 0 aliphatic carbocycles. The van der Waals surface area contributed by atoms with Gasteiger partial charge in [0, 0.05) is 21.8 Å². The van der Waals surface area contributed by atoms with Crippen molar-refractivity contribution in [3.8, 4) is 39.5 Å². The van der Waals surface area contributed by atoms with Gasteiger partial charge in [0.15, 0.2) is 0 Å². The van der Waals surface area contributed by atoms with E-state index in [0.717, 1.165) is 39.2 Å². The van der Waals surface area contributed by atoms with E-state index in [1.54, 1.807) is 0 Å². The van der Waals surface area contributed by atoms with E-state index >= 15 is 0 Å². The van der Waals surface area contributed by atoms with Crippen LogP contribution in [0.15, 0.2) is 114 Å². The van der Waals surface area contributed by atoms with Crippen LogP contribution in [0.5, 0.6) is 0 Å². The number of aromatic nitrogens is 1. The minimum Gasteiger partial charge on any atom is -0.277 e. The minimum absolute atomic E-state index is 0.0237. The van der Waals surface area contributed by atoms with Gasteiger partial charge in [-0.2, -0.15) is 0 Å². The van der Waals surface area contributed by atoms with Gasteiger partial charge in [-0.15, -0.1) is 5.54 Å². The zero-order valence-corrected chi connectivity index (χ0v) is 24.9. The van der Waals surface area contributed by atoms with Crippen molar-refractivity contribution in [2.24, 2.45) is 0 Å². The number of halogens is 1. The molecular formula is C36H30ClNOSi. The maximum Gasteiger partial charge on any atom is 0.259 e. The lowest BCUT2D eigenvalue weighted by atomic mass is 9.98. The number of hydrogen-bond donors (Lipinski definition) is 0. The maximum atomic E-state index is 14.4. The monoisotopic (exact) mass is 555 g/mol. The largest absolute Gasteiger partial charge is 0.277 e. The molecule has 0 bridgehead atoms. The second kappa shape index (κ2) is 9.82. The topological polar surface area (TPSA) is 22.0 Å². The first-order valence-corrected chi connectivity index (χ1v) is 15.9. The zero-order valence-electron chi connectivity index (χ0n) is 23.1. The van der Waals surface area contributed by atoms with Crippen LogP contribution in [-0.2, 0) is 0 Å². The van der Waals surface area contributed by atoms with E-state index in [1.807, 2.05) is 72.2 Å². The minimum atomic E-state index is -2.86. The molecule has 40 heavy (non-hydrogen) atoms. The zero-order chi connectivity index (χ0) is 28.1. The molecule has 6 rings (SSSR count). The number of benzene rings is 4. The van der Waals surface area contributed by atoms with Crippen LogP contribution in [0.1, 0.15) is 31.9 Å². The van der Waals surface area contributed by atoms with E-state index in [2.05, 4.69) is 80.8 Å². The van der Waals surface area contributed by atoms with Crippen molar-refractivity contribution < 1.29 is 0 Å². The van der Waals surface area contributed by atoms with Crippen molar-refractivity contribution in [1.29, 1.82) is 0 Å². The number of pyridine rings is 1. The van der Waals surface area contributed by atoms with Crippen molar-refractivity contribution in [3.63, 3.8) is 0 Å². The summed E-state index contributed by atoms with van der Waals surface area (Å²) in [5.41, 5.74) is 10.6. The van der Waals surface area contributed by atoms with Gasteiger partial charge in [-0.25, -0.2) is 0 Å². The molecule has 1 aromatic heterocycles. The molecular weight excluding hydrogens is 526 g/mol. The Hall–Kier alpha value is -4.10. The van der Waals surface area contributed by atoms with E-state index in [9.17, 15) is 4.79 Å². The highest BCUT2D eigenvalue weighted by atomic mass is 35.5. The van der Waals surface area contributed by atoms with E-state index in [0.29, 0.717) is 5.02 Å². The molecule has 2 heterocycles. The lowest BCUT2D eigenvalue weighted by Crippen LogP contribution is -2.62. The van der Waals surface area contributed by atoms with Crippen LogP contribution in [0.2, 0.25) is 10.1 Å². The molecule has 196 valence electrons. The van der Waals surface area contributed by atoms with Gasteiger partial charge < -0.3 is 0 Å². The predicted molar refractivity (Wildman–Crippen MR) is 171 cm³/mol. The van der Waals surface area contributed by atoms with Crippen molar-refractivity contribution in [3.05, 3.63) is 136 Å². The van der Waals surface area contributed by atoms with Crippen molar-refractivity contribution in [2.75, 3.05) is 0 Å². The molecule has 1 aliphatic heterocycles. The van der Waals surface area contributed by atoms with Gasteiger partial charge in [-0.3, -0.25) is 9.36 Å². The normalized spacial score (nSPS) is 15.6. The Bertz CT molecular complexity index is 1860. The maximum absolute atomic E-state index is 14.4. The van der Waals surface area contributed by atoms with Gasteiger partial charge in [0.25, 0.3) is 5.56 Å². The Balaban J connectivity index is 1.85. The molecule has 0 unspecified atom stereocenters. The molecule has 0 saturated heterocycles. The molecule has 0 radical (unpaired) electrons. The fourth-order valence-corrected chi connectivity index (χ4v) is 11.3. The lowest BCUT2D eigenvalue weighted by molar-refractivity contribution is 0.741. The summed E-state index contributed by atoms with van der Waals surface area (Å²) in [4.78, 5) is 14.4. The first kappa shape index (κ1) is 26.1.